The largest absolute Gasteiger partial charge is 0.460 e. The highest BCUT2D eigenvalue weighted by molar-refractivity contribution is 5.80. The average Bonchev–Trinajstić information content (AvgIpc) is 3.54. The highest BCUT2D eigenvalue weighted by Crippen LogP contribution is 2.46. The maximum absolute atomic E-state index is 12.9. The Morgan fingerprint density at radius 1 is 1.06 bits per heavy atom. The molecule has 0 N–H and O–H groups in total. The zero-order valence-electron chi connectivity index (χ0n) is 21.2. The Bertz CT molecular complexity index is 773. The van der Waals surface area contributed by atoms with Gasteiger partial charge in [-0.3, -0.25) is 9.59 Å². The van der Waals surface area contributed by atoms with E-state index in [0.717, 1.165) is 17.7 Å². The first-order chi connectivity index (χ1) is 14.9. The fourth-order valence-corrected chi connectivity index (χ4v) is 4.02. The number of carbonyl (C=O) groups excluding carboxylic acids is 2. The number of hydrogen-bond donors (Lipinski definition) is 0. The fourth-order valence-electron chi connectivity index (χ4n) is 4.02. The minimum Gasteiger partial charge on any atom is -0.460 e. The van der Waals surface area contributed by atoms with Gasteiger partial charge < -0.3 is 14.2 Å². The highest BCUT2D eigenvalue weighted by Gasteiger charge is 2.33. The van der Waals surface area contributed by atoms with Crippen molar-refractivity contribution in [1.82, 2.24) is 0 Å². The van der Waals surface area contributed by atoms with Crippen molar-refractivity contribution in [2.24, 2.45) is 17.8 Å². The van der Waals surface area contributed by atoms with E-state index < -0.39 is 17.5 Å². The molecule has 1 aromatic carbocycles. The molecule has 32 heavy (non-hydrogen) atoms. The van der Waals surface area contributed by atoms with E-state index in [1.165, 1.54) is 18.4 Å². The van der Waals surface area contributed by atoms with E-state index in [0.29, 0.717) is 17.8 Å². The van der Waals surface area contributed by atoms with Crippen molar-refractivity contribution in [3.05, 3.63) is 29.3 Å². The summed E-state index contributed by atoms with van der Waals surface area (Å²) in [7, 11) is 0. The molecular formula is C27H42O5. The molecule has 0 saturated heterocycles. The lowest BCUT2D eigenvalue weighted by atomic mass is 9.89. The van der Waals surface area contributed by atoms with E-state index in [2.05, 4.69) is 39.0 Å². The molecule has 1 unspecified atom stereocenters. The zero-order valence-corrected chi connectivity index (χ0v) is 21.2. The van der Waals surface area contributed by atoms with Crippen molar-refractivity contribution < 1.29 is 23.8 Å². The van der Waals surface area contributed by atoms with E-state index in [9.17, 15) is 9.59 Å². The van der Waals surface area contributed by atoms with Crippen molar-refractivity contribution in [1.29, 1.82) is 0 Å². The van der Waals surface area contributed by atoms with E-state index in [-0.39, 0.29) is 25.1 Å². The summed E-state index contributed by atoms with van der Waals surface area (Å²) in [5.41, 5.74) is 1.72. The molecule has 0 aromatic heterocycles. The second-order valence-corrected chi connectivity index (χ2v) is 10.6. The first kappa shape index (κ1) is 26.2. The predicted molar refractivity (Wildman–Crippen MR) is 127 cm³/mol. The Morgan fingerprint density at radius 2 is 1.69 bits per heavy atom. The van der Waals surface area contributed by atoms with Gasteiger partial charge in [0.25, 0.3) is 0 Å². The highest BCUT2D eigenvalue weighted by atomic mass is 16.7. The third-order valence-electron chi connectivity index (χ3n) is 6.36. The third-order valence-corrected chi connectivity index (χ3v) is 6.36. The number of benzene rings is 1. The number of rotatable bonds is 11. The van der Waals surface area contributed by atoms with Gasteiger partial charge in [-0.2, -0.15) is 0 Å². The Hall–Kier alpha value is -2.04. The molecule has 0 amide bonds. The molecule has 1 aliphatic carbocycles. The van der Waals surface area contributed by atoms with E-state index >= 15 is 0 Å². The summed E-state index contributed by atoms with van der Waals surface area (Å²) in [4.78, 5) is 25.2. The smallest absolute Gasteiger partial charge is 0.312 e. The Morgan fingerprint density at radius 3 is 2.22 bits per heavy atom. The first-order valence-corrected chi connectivity index (χ1v) is 12.1. The van der Waals surface area contributed by atoms with Crippen LogP contribution in [0.25, 0.3) is 0 Å². The van der Waals surface area contributed by atoms with Crippen LogP contribution in [0, 0.1) is 17.8 Å². The summed E-state index contributed by atoms with van der Waals surface area (Å²) in [6.45, 7) is 15.8. The molecule has 2 rings (SSSR count). The van der Waals surface area contributed by atoms with Crippen LogP contribution in [0.1, 0.15) is 104 Å². The zero-order chi connectivity index (χ0) is 24.1. The minimum absolute atomic E-state index is 0.00317. The molecule has 0 heterocycles. The second-order valence-electron chi connectivity index (χ2n) is 10.6. The predicted octanol–water partition coefficient (Wildman–Crippen LogP) is 6.60. The van der Waals surface area contributed by atoms with Crippen molar-refractivity contribution in [3.8, 4) is 5.75 Å². The molecule has 180 valence electrons. The summed E-state index contributed by atoms with van der Waals surface area (Å²) in [5, 5.41) is 0. The van der Waals surface area contributed by atoms with Gasteiger partial charge in [0.15, 0.2) is 0 Å². The van der Waals surface area contributed by atoms with Crippen LogP contribution in [-0.2, 0) is 19.1 Å². The first-order valence-electron chi connectivity index (χ1n) is 12.1. The molecule has 1 saturated carbocycles. The summed E-state index contributed by atoms with van der Waals surface area (Å²) in [5.74, 6) is 0.904. The van der Waals surface area contributed by atoms with Crippen LogP contribution in [0.2, 0.25) is 0 Å². The van der Waals surface area contributed by atoms with Gasteiger partial charge in [-0.1, -0.05) is 59.2 Å². The summed E-state index contributed by atoms with van der Waals surface area (Å²) in [6, 6.07) is 6.29. The van der Waals surface area contributed by atoms with Crippen LogP contribution >= 0.6 is 0 Å². The van der Waals surface area contributed by atoms with E-state index in [1.54, 1.807) is 0 Å². The Balaban J connectivity index is 2.08. The van der Waals surface area contributed by atoms with Gasteiger partial charge in [0.05, 0.1) is 12.3 Å². The van der Waals surface area contributed by atoms with Crippen molar-refractivity contribution in [2.45, 2.75) is 98.5 Å². The maximum atomic E-state index is 12.9. The van der Waals surface area contributed by atoms with Gasteiger partial charge in [-0.15, -0.1) is 0 Å². The number of hydrogen-bond acceptors (Lipinski definition) is 5. The maximum Gasteiger partial charge on any atom is 0.312 e. The lowest BCUT2D eigenvalue weighted by molar-refractivity contribution is -0.166. The molecule has 1 fully saturated rings. The number of para-hydroxylation sites is 1. The standard InChI is InChI=1S/C27H42O5/c1-9-18(4)23(15-24(28)32-27(6,7)8)26(29)31-16-30-25-21(17(2)3)11-10-12-22(25)19(5)20-13-14-20/h10-12,17-20,23H,9,13-16H2,1-8H3/t18?,19-,23+/m1/s1. The van der Waals surface area contributed by atoms with Crippen LogP contribution in [0.3, 0.4) is 0 Å². The van der Waals surface area contributed by atoms with Crippen molar-refractivity contribution in [2.75, 3.05) is 6.79 Å². The number of ether oxygens (including phenoxy) is 3. The van der Waals surface area contributed by atoms with Crippen molar-refractivity contribution in [3.63, 3.8) is 0 Å². The lowest BCUT2D eigenvalue weighted by Crippen LogP contribution is -2.31. The molecule has 5 nitrogen and oxygen atoms in total. The van der Waals surface area contributed by atoms with Crippen LogP contribution in [0.4, 0.5) is 0 Å². The fraction of sp³-hybridized carbons (Fsp3) is 0.704. The Labute approximate surface area is 194 Å². The summed E-state index contributed by atoms with van der Waals surface area (Å²) in [6.07, 6.45) is 3.28. The molecule has 1 aromatic rings. The molecule has 1 aliphatic rings. The van der Waals surface area contributed by atoms with Gasteiger partial charge in [-0.05, 0) is 68.4 Å². The van der Waals surface area contributed by atoms with Crippen molar-refractivity contribution >= 4 is 11.9 Å². The molecule has 5 heteroatoms. The Kier molecular flexibility index (Phi) is 9.18. The number of carbonyl (C=O) groups is 2. The molecule has 0 spiro atoms. The molecule has 0 bridgehead atoms. The van der Waals surface area contributed by atoms with E-state index in [4.69, 9.17) is 14.2 Å². The van der Waals surface area contributed by atoms with Gasteiger partial charge >= 0.3 is 11.9 Å². The summed E-state index contributed by atoms with van der Waals surface area (Å²) < 4.78 is 17.0. The normalized spacial score (nSPS) is 16.9. The molecular weight excluding hydrogens is 404 g/mol. The van der Waals surface area contributed by atoms with Crippen LogP contribution < -0.4 is 4.74 Å². The van der Waals surface area contributed by atoms with Gasteiger partial charge in [-0.25, -0.2) is 0 Å². The van der Waals surface area contributed by atoms with Crippen LogP contribution in [-0.4, -0.2) is 24.3 Å². The van der Waals surface area contributed by atoms with Gasteiger partial charge in [0.2, 0.25) is 6.79 Å². The second kappa shape index (κ2) is 11.2. The third kappa shape index (κ3) is 7.53. The molecule has 0 radical (unpaired) electrons. The number of esters is 2. The van der Waals surface area contributed by atoms with Gasteiger partial charge in [0.1, 0.15) is 11.4 Å². The quantitative estimate of drug-likeness (QED) is 0.283. The molecule has 3 atom stereocenters. The van der Waals surface area contributed by atoms with Crippen LogP contribution in [0.15, 0.2) is 18.2 Å². The lowest BCUT2D eigenvalue weighted by Gasteiger charge is -2.25. The monoisotopic (exact) mass is 446 g/mol. The van der Waals surface area contributed by atoms with Crippen LogP contribution in [0.5, 0.6) is 5.75 Å². The minimum atomic E-state index is -0.584. The molecule has 0 aliphatic heterocycles. The average molecular weight is 447 g/mol. The van der Waals surface area contributed by atoms with Gasteiger partial charge in [0, 0.05) is 0 Å². The topological polar surface area (TPSA) is 61.8 Å². The SMILES string of the molecule is CCC(C)[C@H](CC(=O)OC(C)(C)C)C(=O)OCOc1c(C(C)C)cccc1[C@H](C)C1CC1. The summed E-state index contributed by atoms with van der Waals surface area (Å²) >= 11 is 0. The van der Waals surface area contributed by atoms with E-state index in [1.807, 2.05) is 34.6 Å².